The minimum Gasteiger partial charge on any atom is -0.490 e. The SMILES string of the molecule is O=C(O)c1cc(Br)ccc1OCCOCC(F)(F)F. The molecule has 0 aliphatic heterocycles. The van der Waals surface area contributed by atoms with Crippen molar-refractivity contribution in [2.24, 2.45) is 0 Å². The summed E-state index contributed by atoms with van der Waals surface area (Å²) in [5.74, 6) is -1.11. The Balaban J connectivity index is 2.47. The third-order valence-electron chi connectivity index (χ3n) is 1.92. The minimum atomic E-state index is -4.39. The van der Waals surface area contributed by atoms with Crippen LogP contribution in [-0.4, -0.2) is 37.1 Å². The predicted octanol–water partition coefficient (Wildman–Crippen LogP) is 3.11. The van der Waals surface area contributed by atoms with E-state index < -0.39 is 18.8 Å². The van der Waals surface area contributed by atoms with E-state index in [4.69, 9.17) is 9.84 Å². The highest BCUT2D eigenvalue weighted by atomic mass is 79.9. The second-order valence-electron chi connectivity index (χ2n) is 3.46. The van der Waals surface area contributed by atoms with E-state index in [-0.39, 0.29) is 24.5 Å². The zero-order valence-electron chi connectivity index (χ0n) is 9.54. The number of rotatable bonds is 6. The molecule has 0 heterocycles. The highest BCUT2D eigenvalue weighted by molar-refractivity contribution is 9.10. The van der Waals surface area contributed by atoms with E-state index in [1.807, 2.05) is 0 Å². The molecule has 0 unspecified atom stereocenters. The normalized spacial score (nSPS) is 11.4. The van der Waals surface area contributed by atoms with E-state index in [0.717, 1.165) is 0 Å². The maximum Gasteiger partial charge on any atom is 0.411 e. The fourth-order valence-electron chi connectivity index (χ4n) is 1.19. The summed E-state index contributed by atoms with van der Waals surface area (Å²) in [6, 6.07) is 4.32. The average molecular weight is 343 g/mol. The van der Waals surface area contributed by atoms with Gasteiger partial charge >= 0.3 is 12.1 Å². The van der Waals surface area contributed by atoms with Gasteiger partial charge in [-0.1, -0.05) is 15.9 Å². The van der Waals surface area contributed by atoms with E-state index in [1.165, 1.54) is 12.1 Å². The molecule has 0 aromatic heterocycles. The largest absolute Gasteiger partial charge is 0.490 e. The zero-order valence-corrected chi connectivity index (χ0v) is 11.1. The first-order chi connectivity index (χ1) is 8.79. The second-order valence-corrected chi connectivity index (χ2v) is 4.38. The Kier molecular flexibility index (Phi) is 5.61. The molecular weight excluding hydrogens is 333 g/mol. The fourth-order valence-corrected chi connectivity index (χ4v) is 1.55. The molecule has 19 heavy (non-hydrogen) atoms. The zero-order chi connectivity index (χ0) is 14.5. The van der Waals surface area contributed by atoms with Crippen LogP contribution >= 0.6 is 15.9 Å². The van der Waals surface area contributed by atoms with Gasteiger partial charge in [0.25, 0.3) is 0 Å². The van der Waals surface area contributed by atoms with Crippen LogP contribution in [0.4, 0.5) is 13.2 Å². The van der Waals surface area contributed by atoms with Gasteiger partial charge in [0.05, 0.1) is 6.61 Å². The maximum atomic E-state index is 11.8. The number of halogens is 4. The van der Waals surface area contributed by atoms with E-state index in [2.05, 4.69) is 20.7 Å². The van der Waals surface area contributed by atoms with Crippen molar-refractivity contribution in [2.45, 2.75) is 6.18 Å². The van der Waals surface area contributed by atoms with Crippen molar-refractivity contribution in [2.75, 3.05) is 19.8 Å². The number of ether oxygens (including phenoxy) is 2. The maximum absolute atomic E-state index is 11.8. The van der Waals surface area contributed by atoms with Crippen LogP contribution in [0, 0.1) is 0 Å². The van der Waals surface area contributed by atoms with Gasteiger partial charge in [-0.15, -0.1) is 0 Å². The minimum absolute atomic E-state index is 0.0753. The molecule has 0 bridgehead atoms. The van der Waals surface area contributed by atoms with Crippen molar-refractivity contribution >= 4 is 21.9 Å². The van der Waals surface area contributed by atoms with Gasteiger partial charge in [-0.2, -0.15) is 13.2 Å². The number of carbonyl (C=O) groups is 1. The molecular formula is C11H10BrF3O4. The molecule has 0 saturated heterocycles. The Morgan fingerprint density at radius 2 is 2.00 bits per heavy atom. The number of alkyl halides is 3. The smallest absolute Gasteiger partial charge is 0.411 e. The number of aromatic carboxylic acids is 1. The van der Waals surface area contributed by atoms with Crippen LogP contribution in [-0.2, 0) is 4.74 Å². The van der Waals surface area contributed by atoms with Gasteiger partial charge in [0.15, 0.2) is 0 Å². The Bertz CT molecular complexity index is 448. The van der Waals surface area contributed by atoms with Crippen LogP contribution in [0.15, 0.2) is 22.7 Å². The van der Waals surface area contributed by atoms with Crippen LogP contribution in [0.2, 0.25) is 0 Å². The van der Waals surface area contributed by atoms with E-state index in [0.29, 0.717) is 4.47 Å². The molecule has 8 heteroatoms. The van der Waals surface area contributed by atoms with Gasteiger partial charge in [0.1, 0.15) is 24.5 Å². The molecule has 0 aliphatic rings. The molecule has 0 amide bonds. The molecule has 0 radical (unpaired) electrons. The summed E-state index contributed by atoms with van der Waals surface area (Å²) in [6.45, 7) is -1.81. The Morgan fingerprint density at radius 3 is 2.58 bits per heavy atom. The third kappa shape index (κ3) is 5.93. The van der Waals surface area contributed by atoms with Crippen LogP contribution in [0.5, 0.6) is 5.75 Å². The highest BCUT2D eigenvalue weighted by Gasteiger charge is 2.27. The number of carboxylic acids is 1. The van der Waals surface area contributed by atoms with Crippen molar-refractivity contribution in [1.29, 1.82) is 0 Å². The van der Waals surface area contributed by atoms with Crippen molar-refractivity contribution in [1.82, 2.24) is 0 Å². The van der Waals surface area contributed by atoms with Crippen molar-refractivity contribution in [3.63, 3.8) is 0 Å². The monoisotopic (exact) mass is 342 g/mol. The van der Waals surface area contributed by atoms with E-state index in [9.17, 15) is 18.0 Å². The quantitative estimate of drug-likeness (QED) is 0.807. The van der Waals surface area contributed by atoms with Crippen LogP contribution < -0.4 is 4.74 Å². The van der Waals surface area contributed by atoms with Crippen molar-refractivity contribution < 1.29 is 32.5 Å². The summed E-state index contributed by atoms with van der Waals surface area (Å²) < 4.78 is 45.3. The summed E-state index contributed by atoms with van der Waals surface area (Å²) in [5.41, 5.74) is -0.0785. The third-order valence-corrected chi connectivity index (χ3v) is 2.42. The molecule has 0 saturated carbocycles. The van der Waals surface area contributed by atoms with Crippen LogP contribution in [0.25, 0.3) is 0 Å². The lowest BCUT2D eigenvalue weighted by Gasteiger charge is -2.11. The Labute approximate surface area is 115 Å². The molecule has 1 aromatic carbocycles. The fraction of sp³-hybridized carbons (Fsp3) is 0.364. The molecule has 1 rings (SSSR count). The summed E-state index contributed by atoms with van der Waals surface area (Å²) in [7, 11) is 0. The van der Waals surface area contributed by atoms with Crippen LogP contribution in [0.1, 0.15) is 10.4 Å². The summed E-state index contributed by atoms with van der Waals surface area (Å²) >= 11 is 3.11. The lowest BCUT2D eigenvalue weighted by Crippen LogP contribution is -2.19. The summed E-state index contributed by atoms with van der Waals surface area (Å²) in [5, 5.41) is 8.92. The second kappa shape index (κ2) is 6.76. The Morgan fingerprint density at radius 1 is 1.32 bits per heavy atom. The van der Waals surface area contributed by atoms with E-state index >= 15 is 0 Å². The van der Waals surface area contributed by atoms with Crippen molar-refractivity contribution in [3.05, 3.63) is 28.2 Å². The summed E-state index contributed by atoms with van der Waals surface area (Å²) in [6.07, 6.45) is -4.39. The van der Waals surface area contributed by atoms with Crippen molar-refractivity contribution in [3.8, 4) is 5.75 Å². The number of hydrogen-bond donors (Lipinski definition) is 1. The molecule has 1 N–H and O–H groups in total. The standard InChI is InChI=1S/C11H10BrF3O4/c12-7-1-2-9(8(5-7)10(16)17)19-4-3-18-6-11(13,14)15/h1-2,5H,3-4,6H2,(H,16,17). The highest BCUT2D eigenvalue weighted by Crippen LogP contribution is 2.23. The van der Waals surface area contributed by atoms with Gasteiger partial charge in [-0.05, 0) is 18.2 Å². The number of hydrogen-bond acceptors (Lipinski definition) is 3. The first kappa shape index (κ1) is 15.8. The van der Waals surface area contributed by atoms with Gasteiger partial charge in [0.2, 0.25) is 0 Å². The molecule has 0 aliphatic carbocycles. The average Bonchev–Trinajstić information content (AvgIpc) is 2.28. The molecule has 106 valence electrons. The molecule has 4 nitrogen and oxygen atoms in total. The first-order valence-electron chi connectivity index (χ1n) is 5.10. The van der Waals surface area contributed by atoms with Gasteiger partial charge in [0, 0.05) is 4.47 Å². The first-order valence-corrected chi connectivity index (χ1v) is 5.89. The van der Waals surface area contributed by atoms with E-state index in [1.54, 1.807) is 6.07 Å². The number of carboxylic acid groups (broad SMARTS) is 1. The summed E-state index contributed by atoms with van der Waals surface area (Å²) in [4.78, 5) is 10.9. The molecule has 1 aromatic rings. The Hall–Kier alpha value is -1.28. The van der Waals surface area contributed by atoms with Gasteiger partial charge in [-0.3, -0.25) is 0 Å². The van der Waals surface area contributed by atoms with Gasteiger partial charge < -0.3 is 14.6 Å². The lowest BCUT2D eigenvalue weighted by atomic mass is 10.2. The molecule has 0 atom stereocenters. The number of benzene rings is 1. The molecule has 0 fully saturated rings. The van der Waals surface area contributed by atoms with Crippen LogP contribution in [0.3, 0.4) is 0 Å². The van der Waals surface area contributed by atoms with Gasteiger partial charge in [-0.25, -0.2) is 4.79 Å². The predicted molar refractivity (Wildman–Crippen MR) is 63.5 cm³/mol. The topological polar surface area (TPSA) is 55.8 Å². The lowest BCUT2D eigenvalue weighted by molar-refractivity contribution is -0.175. The molecule has 0 spiro atoms.